The Labute approximate surface area is 109 Å². The lowest BCUT2D eigenvalue weighted by Crippen LogP contribution is -2.29. The van der Waals surface area contributed by atoms with Crippen LogP contribution in [0.3, 0.4) is 0 Å². The van der Waals surface area contributed by atoms with E-state index in [1.165, 1.54) is 27.8 Å². The molecule has 0 radical (unpaired) electrons. The second-order valence-electron chi connectivity index (χ2n) is 4.87. The summed E-state index contributed by atoms with van der Waals surface area (Å²) in [5, 5.41) is 0. The minimum atomic E-state index is 0.0468. The van der Waals surface area contributed by atoms with Gasteiger partial charge in [-0.3, -0.25) is 5.84 Å². The van der Waals surface area contributed by atoms with Crippen LogP contribution in [0.5, 0.6) is 0 Å². The lowest BCUT2D eigenvalue weighted by Gasteiger charge is -2.20. The highest BCUT2D eigenvalue weighted by Gasteiger charge is 2.14. The molecule has 94 valence electrons. The number of nitrogens with two attached hydrogens (primary N) is 1. The molecule has 18 heavy (non-hydrogen) atoms. The summed E-state index contributed by atoms with van der Waals surface area (Å²) in [5.74, 6) is 5.74. The molecule has 1 unspecified atom stereocenters. The molecule has 0 saturated carbocycles. The number of aryl methyl sites for hydroxylation is 3. The van der Waals surface area contributed by atoms with E-state index in [2.05, 4.69) is 68.7 Å². The van der Waals surface area contributed by atoms with Crippen molar-refractivity contribution in [3.05, 3.63) is 70.3 Å². The third-order valence-corrected chi connectivity index (χ3v) is 3.28. The summed E-state index contributed by atoms with van der Waals surface area (Å²) in [4.78, 5) is 0. The maximum atomic E-state index is 5.74. The average Bonchev–Trinajstić information content (AvgIpc) is 2.33. The minimum Gasteiger partial charge on any atom is -0.271 e. The zero-order valence-corrected chi connectivity index (χ0v) is 11.2. The summed E-state index contributed by atoms with van der Waals surface area (Å²) in [6.45, 7) is 6.33. The molecule has 0 fully saturated rings. The molecule has 0 aromatic heterocycles. The first kappa shape index (κ1) is 12.8. The van der Waals surface area contributed by atoms with Gasteiger partial charge in [-0.25, -0.2) is 5.43 Å². The van der Waals surface area contributed by atoms with Crippen LogP contribution in [0.25, 0.3) is 0 Å². The second kappa shape index (κ2) is 5.34. The van der Waals surface area contributed by atoms with Gasteiger partial charge in [-0.1, -0.05) is 53.6 Å². The van der Waals surface area contributed by atoms with Crippen LogP contribution >= 0.6 is 0 Å². The monoisotopic (exact) mass is 240 g/mol. The number of rotatable bonds is 3. The Morgan fingerprint density at radius 2 is 1.67 bits per heavy atom. The fraction of sp³-hybridized carbons (Fsp3) is 0.250. The van der Waals surface area contributed by atoms with E-state index < -0.39 is 0 Å². The Hall–Kier alpha value is -1.64. The lowest BCUT2D eigenvalue weighted by molar-refractivity contribution is 0.633. The van der Waals surface area contributed by atoms with Crippen molar-refractivity contribution in [3.63, 3.8) is 0 Å². The molecule has 0 heterocycles. The highest BCUT2D eigenvalue weighted by Crippen LogP contribution is 2.25. The summed E-state index contributed by atoms with van der Waals surface area (Å²) >= 11 is 0. The van der Waals surface area contributed by atoms with Crippen LogP contribution in [-0.4, -0.2) is 0 Å². The molecule has 2 rings (SSSR count). The van der Waals surface area contributed by atoms with Gasteiger partial charge in [0.05, 0.1) is 6.04 Å². The van der Waals surface area contributed by atoms with Crippen LogP contribution in [0.4, 0.5) is 0 Å². The van der Waals surface area contributed by atoms with Crippen molar-refractivity contribution in [2.75, 3.05) is 0 Å². The number of benzene rings is 2. The summed E-state index contributed by atoms with van der Waals surface area (Å²) in [6.07, 6.45) is 0. The molecule has 0 aliphatic carbocycles. The molecule has 3 N–H and O–H groups in total. The Morgan fingerprint density at radius 1 is 0.944 bits per heavy atom. The Bertz CT molecular complexity index is 547. The first-order valence-electron chi connectivity index (χ1n) is 6.21. The minimum absolute atomic E-state index is 0.0468. The van der Waals surface area contributed by atoms with E-state index in [0.29, 0.717) is 0 Å². The van der Waals surface area contributed by atoms with Crippen LogP contribution < -0.4 is 11.3 Å². The van der Waals surface area contributed by atoms with Crippen LogP contribution in [-0.2, 0) is 0 Å². The van der Waals surface area contributed by atoms with Crippen molar-refractivity contribution in [2.45, 2.75) is 26.8 Å². The highest BCUT2D eigenvalue weighted by atomic mass is 15.2. The molecule has 0 bridgehead atoms. The Kier molecular flexibility index (Phi) is 3.80. The van der Waals surface area contributed by atoms with E-state index in [9.17, 15) is 0 Å². The van der Waals surface area contributed by atoms with Gasteiger partial charge in [-0.2, -0.15) is 0 Å². The molecule has 0 aliphatic rings. The van der Waals surface area contributed by atoms with Crippen LogP contribution in [0.15, 0.2) is 42.5 Å². The number of hydrogen-bond acceptors (Lipinski definition) is 2. The van der Waals surface area contributed by atoms with Gasteiger partial charge in [-0.15, -0.1) is 0 Å². The third-order valence-electron chi connectivity index (χ3n) is 3.28. The van der Waals surface area contributed by atoms with Crippen molar-refractivity contribution in [1.82, 2.24) is 5.43 Å². The molecule has 0 spiro atoms. The van der Waals surface area contributed by atoms with Gasteiger partial charge in [-0.05, 0) is 37.5 Å². The summed E-state index contributed by atoms with van der Waals surface area (Å²) < 4.78 is 0. The Morgan fingerprint density at radius 3 is 2.28 bits per heavy atom. The maximum absolute atomic E-state index is 5.74. The molecular formula is C16H20N2. The normalized spacial score (nSPS) is 12.4. The van der Waals surface area contributed by atoms with E-state index in [4.69, 9.17) is 5.84 Å². The fourth-order valence-electron chi connectivity index (χ4n) is 2.36. The second-order valence-corrected chi connectivity index (χ2v) is 4.87. The highest BCUT2D eigenvalue weighted by molar-refractivity contribution is 5.39. The molecule has 2 nitrogen and oxygen atoms in total. The van der Waals surface area contributed by atoms with Crippen molar-refractivity contribution in [2.24, 2.45) is 5.84 Å². The van der Waals surface area contributed by atoms with Crippen molar-refractivity contribution < 1.29 is 0 Å². The van der Waals surface area contributed by atoms with Gasteiger partial charge in [0.15, 0.2) is 0 Å². The quantitative estimate of drug-likeness (QED) is 0.639. The molecule has 2 aromatic rings. The number of hydrazine groups is 1. The summed E-state index contributed by atoms with van der Waals surface area (Å²) in [6, 6.07) is 15.0. The SMILES string of the molecule is Cc1cccc(C(NN)c2ccc(C)cc2C)c1. The first-order chi connectivity index (χ1) is 8.61. The van der Waals surface area contributed by atoms with Gasteiger partial charge in [0, 0.05) is 0 Å². The van der Waals surface area contributed by atoms with Crippen LogP contribution in [0, 0.1) is 20.8 Å². The number of nitrogens with one attached hydrogen (secondary N) is 1. The zero-order chi connectivity index (χ0) is 13.1. The van der Waals surface area contributed by atoms with Crippen LogP contribution in [0.2, 0.25) is 0 Å². The smallest absolute Gasteiger partial charge is 0.0712 e. The molecular weight excluding hydrogens is 220 g/mol. The fourth-order valence-corrected chi connectivity index (χ4v) is 2.36. The van der Waals surface area contributed by atoms with Crippen molar-refractivity contribution in [1.29, 1.82) is 0 Å². The average molecular weight is 240 g/mol. The van der Waals surface area contributed by atoms with E-state index >= 15 is 0 Å². The van der Waals surface area contributed by atoms with E-state index in [-0.39, 0.29) is 6.04 Å². The van der Waals surface area contributed by atoms with Gasteiger partial charge < -0.3 is 0 Å². The summed E-state index contributed by atoms with van der Waals surface area (Å²) in [5.41, 5.74) is 9.14. The zero-order valence-electron chi connectivity index (χ0n) is 11.2. The lowest BCUT2D eigenvalue weighted by atomic mass is 9.93. The van der Waals surface area contributed by atoms with Gasteiger partial charge >= 0.3 is 0 Å². The van der Waals surface area contributed by atoms with E-state index in [0.717, 1.165) is 0 Å². The number of hydrogen-bond donors (Lipinski definition) is 2. The molecule has 2 aromatic carbocycles. The molecule has 0 aliphatic heterocycles. The van der Waals surface area contributed by atoms with Crippen molar-refractivity contribution in [3.8, 4) is 0 Å². The molecule has 0 saturated heterocycles. The standard InChI is InChI=1S/C16H20N2/c1-11-5-4-6-14(10-11)16(18-17)15-8-7-12(2)9-13(15)3/h4-10,16,18H,17H2,1-3H3. The largest absolute Gasteiger partial charge is 0.271 e. The molecule has 0 amide bonds. The maximum Gasteiger partial charge on any atom is 0.0712 e. The Balaban J connectivity index is 2.45. The molecule has 2 heteroatoms. The summed E-state index contributed by atoms with van der Waals surface area (Å²) in [7, 11) is 0. The van der Waals surface area contributed by atoms with Gasteiger partial charge in [0.1, 0.15) is 0 Å². The van der Waals surface area contributed by atoms with Crippen molar-refractivity contribution >= 4 is 0 Å². The van der Waals surface area contributed by atoms with E-state index in [1.54, 1.807) is 0 Å². The predicted molar refractivity (Wildman–Crippen MR) is 76.3 cm³/mol. The topological polar surface area (TPSA) is 38.0 Å². The third kappa shape index (κ3) is 2.61. The van der Waals surface area contributed by atoms with Gasteiger partial charge in [0.2, 0.25) is 0 Å². The predicted octanol–water partition coefficient (Wildman–Crippen LogP) is 3.16. The first-order valence-corrected chi connectivity index (χ1v) is 6.21. The van der Waals surface area contributed by atoms with Crippen LogP contribution in [0.1, 0.15) is 33.9 Å². The van der Waals surface area contributed by atoms with Gasteiger partial charge in [0.25, 0.3) is 0 Å². The molecule has 1 atom stereocenters. The van der Waals surface area contributed by atoms with E-state index in [1.807, 2.05) is 0 Å².